The molecule has 5 atom stereocenters. The molecular weight excluding hydrogens is 294 g/mol. The quantitative estimate of drug-likeness (QED) is 0.640. The van der Waals surface area contributed by atoms with Gasteiger partial charge in [0.25, 0.3) is 0 Å². The summed E-state index contributed by atoms with van der Waals surface area (Å²) in [5.74, 6) is 0.499. The van der Waals surface area contributed by atoms with E-state index in [1.165, 1.54) is 19.2 Å². The van der Waals surface area contributed by atoms with Gasteiger partial charge in [0, 0.05) is 18.2 Å². The van der Waals surface area contributed by atoms with Crippen LogP contribution in [-0.4, -0.2) is 49.5 Å². The van der Waals surface area contributed by atoms with Crippen molar-refractivity contribution >= 4 is 16.9 Å². The topological polar surface area (TPSA) is 109 Å². The van der Waals surface area contributed by atoms with Gasteiger partial charge in [0.05, 0.1) is 17.5 Å². The van der Waals surface area contributed by atoms with E-state index in [1.807, 2.05) is 16.8 Å². The van der Waals surface area contributed by atoms with E-state index >= 15 is 0 Å². The molecular formula is C16H23N5O2. The predicted molar refractivity (Wildman–Crippen MR) is 86.7 cm³/mol. The smallest absolute Gasteiger partial charge is 0.145 e. The Bertz CT molecular complexity index is 697. The van der Waals surface area contributed by atoms with Crippen molar-refractivity contribution in [1.29, 1.82) is 0 Å². The molecule has 2 aromatic heterocycles. The minimum absolute atomic E-state index is 0.0620. The van der Waals surface area contributed by atoms with Crippen LogP contribution in [0.2, 0.25) is 0 Å². The Morgan fingerprint density at radius 1 is 1.22 bits per heavy atom. The molecule has 2 aliphatic rings. The van der Waals surface area contributed by atoms with Gasteiger partial charge in [0.2, 0.25) is 0 Å². The zero-order valence-electron chi connectivity index (χ0n) is 13.0. The van der Waals surface area contributed by atoms with Crippen molar-refractivity contribution in [2.75, 3.05) is 12.3 Å². The molecule has 1 aliphatic carbocycles. The van der Waals surface area contributed by atoms with Gasteiger partial charge in [-0.2, -0.15) is 0 Å². The van der Waals surface area contributed by atoms with Crippen molar-refractivity contribution in [2.24, 2.45) is 5.92 Å². The van der Waals surface area contributed by atoms with Gasteiger partial charge in [-0.05, 0) is 31.9 Å². The van der Waals surface area contributed by atoms with E-state index in [9.17, 15) is 10.2 Å². The Morgan fingerprint density at radius 2 is 2.09 bits per heavy atom. The zero-order valence-corrected chi connectivity index (χ0v) is 13.0. The third-order valence-corrected chi connectivity index (χ3v) is 5.46. The average Bonchev–Trinajstić information content (AvgIpc) is 3.12. The molecule has 2 aromatic rings. The van der Waals surface area contributed by atoms with Crippen LogP contribution in [0, 0.1) is 5.92 Å². The van der Waals surface area contributed by atoms with E-state index in [2.05, 4.69) is 15.3 Å². The van der Waals surface area contributed by atoms with Crippen LogP contribution in [0.15, 0.2) is 18.6 Å². The highest BCUT2D eigenvalue weighted by atomic mass is 16.3. The van der Waals surface area contributed by atoms with Crippen molar-refractivity contribution in [1.82, 2.24) is 19.9 Å². The maximum atomic E-state index is 10.6. The second kappa shape index (κ2) is 5.74. The third kappa shape index (κ3) is 2.39. The number of hydrogen-bond acceptors (Lipinski definition) is 6. The summed E-state index contributed by atoms with van der Waals surface area (Å²) < 4.78 is 1.93. The van der Waals surface area contributed by atoms with Crippen LogP contribution in [0.4, 0.5) is 5.82 Å². The molecule has 124 valence electrons. The summed E-state index contributed by atoms with van der Waals surface area (Å²) >= 11 is 0. The lowest BCUT2D eigenvalue weighted by Gasteiger charge is -2.30. The number of anilines is 1. The molecule has 0 bridgehead atoms. The van der Waals surface area contributed by atoms with E-state index in [4.69, 9.17) is 5.73 Å². The van der Waals surface area contributed by atoms with Gasteiger partial charge in [0.15, 0.2) is 0 Å². The number of aliphatic hydroxyl groups is 2. The van der Waals surface area contributed by atoms with Crippen molar-refractivity contribution in [3.63, 3.8) is 0 Å². The molecule has 5 N–H and O–H groups in total. The molecule has 0 radical (unpaired) electrons. The van der Waals surface area contributed by atoms with Gasteiger partial charge in [-0.15, -0.1) is 0 Å². The lowest BCUT2D eigenvalue weighted by Crippen LogP contribution is -2.44. The summed E-state index contributed by atoms with van der Waals surface area (Å²) in [7, 11) is 0. The molecule has 1 saturated carbocycles. The highest BCUT2D eigenvalue weighted by Gasteiger charge is 2.46. The van der Waals surface area contributed by atoms with Gasteiger partial charge in [-0.1, -0.05) is 6.42 Å². The molecule has 2 fully saturated rings. The zero-order chi connectivity index (χ0) is 16.0. The van der Waals surface area contributed by atoms with Crippen molar-refractivity contribution in [3.8, 4) is 0 Å². The first-order chi connectivity index (χ1) is 11.2. The van der Waals surface area contributed by atoms with Gasteiger partial charge in [0.1, 0.15) is 23.9 Å². The maximum Gasteiger partial charge on any atom is 0.145 e. The molecule has 0 amide bonds. The van der Waals surface area contributed by atoms with Crippen LogP contribution >= 0.6 is 0 Å². The predicted octanol–water partition coefficient (Wildman–Crippen LogP) is 0.438. The highest BCUT2D eigenvalue weighted by molar-refractivity contribution is 5.86. The van der Waals surface area contributed by atoms with Crippen LogP contribution in [0.1, 0.15) is 31.7 Å². The Kier molecular flexibility index (Phi) is 3.71. The molecule has 1 saturated heterocycles. The maximum absolute atomic E-state index is 10.6. The summed E-state index contributed by atoms with van der Waals surface area (Å²) in [6, 6.07) is 1.96. The molecule has 23 heavy (non-hydrogen) atoms. The first-order valence-corrected chi connectivity index (χ1v) is 8.33. The molecule has 4 rings (SSSR count). The summed E-state index contributed by atoms with van der Waals surface area (Å²) in [6.45, 7) is 0.991. The Balaban J connectivity index is 1.64. The first kappa shape index (κ1) is 14.9. The van der Waals surface area contributed by atoms with E-state index in [0.717, 1.165) is 24.8 Å². The van der Waals surface area contributed by atoms with E-state index in [1.54, 1.807) is 0 Å². The van der Waals surface area contributed by atoms with Crippen LogP contribution in [0.25, 0.3) is 11.0 Å². The fourth-order valence-electron chi connectivity index (χ4n) is 4.22. The summed E-state index contributed by atoms with van der Waals surface area (Å²) in [5.41, 5.74) is 6.60. The fourth-order valence-corrected chi connectivity index (χ4v) is 4.22. The monoisotopic (exact) mass is 317 g/mol. The first-order valence-electron chi connectivity index (χ1n) is 8.33. The number of nitrogens with one attached hydrogen (secondary N) is 1. The largest absolute Gasteiger partial charge is 0.390 e. The lowest BCUT2D eigenvalue weighted by molar-refractivity contribution is -0.00195. The SMILES string of the molecule is Nc1ncnc2c1ccn2[C@@H]1C[C@H](C2CCCCN2)[C@@H](O)[C@H]1O. The number of nitrogens with two attached hydrogens (primary N) is 1. The summed E-state index contributed by atoms with van der Waals surface area (Å²) in [6.07, 6.45) is 5.96. The van der Waals surface area contributed by atoms with Gasteiger partial charge >= 0.3 is 0 Å². The highest BCUT2D eigenvalue weighted by Crippen LogP contribution is 2.40. The van der Waals surface area contributed by atoms with Crippen LogP contribution in [0.5, 0.6) is 0 Å². The molecule has 0 spiro atoms. The van der Waals surface area contributed by atoms with E-state index < -0.39 is 12.2 Å². The minimum Gasteiger partial charge on any atom is -0.390 e. The number of piperidine rings is 1. The molecule has 1 aliphatic heterocycles. The lowest BCUT2D eigenvalue weighted by atomic mass is 9.89. The number of rotatable bonds is 2. The van der Waals surface area contributed by atoms with Crippen molar-refractivity contribution in [3.05, 3.63) is 18.6 Å². The third-order valence-electron chi connectivity index (χ3n) is 5.46. The number of aromatic nitrogens is 3. The van der Waals surface area contributed by atoms with Gasteiger partial charge in [-0.3, -0.25) is 0 Å². The summed E-state index contributed by atoms with van der Waals surface area (Å²) in [4.78, 5) is 8.31. The van der Waals surface area contributed by atoms with E-state index in [0.29, 0.717) is 11.5 Å². The molecule has 1 unspecified atom stereocenters. The molecule has 7 heteroatoms. The summed E-state index contributed by atoms with van der Waals surface area (Å²) in [5, 5.41) is 25.4. The molecule has 7 nitrogen and oxygen atoms in total. The molecule has 3 heterocycles. The Labute approximate surface area is 134 Å². The number of fused-ring (bicyclic) bond motifs is 1. The van der Waals surface area contributed by atoms with Crippen LogP contribution in [-0.2, 0) is 0 Å². The van der Waals surface area contributed by atoms with Crippen molar-refractivity contribution < 1.29 is 10.2 Å². The minimum atomic E-state index is -0.796. The average molecular weight is 317 g/mol. The number of hydrogen-bond donors (Lipinski definition) is 4. The van der Waals surface area contributed by atoms with Crippen LogP contribution in [0.3, 0.4) is 0 Å². The van der Waals surface area contributed by atoms with Gasteiger partial charge in [-0.25, -0.2) is 9.97 Å². The standard InChI is InChI=1S/C16H23N5O2/c17-15-9-4-6-21(16(9)20-8-19-15)12-7-10(13(22)14(12)23)11-3-1-2-5-18-11/h4,6,8,10-14,18,22-23H,1-3,5,7H2,(H2,17,19,20)/t10-,11?,12-,13-,14+/m1/s1. The second-order valence-corrected chi connectivity index (χ2v) is 6.72. The fraction of sp³-hybridized carbons (Fsp3) is 0.625. The second-order valence-electron chi connectivity index (χ2n) is 6.72. The normalized spacial score (nSPS) is 35.0. The number of aliphatic hydroxyl groups excluding tert-OH is 2. The number of nitrogens with zero attached hydrogens (tertiary/aromatic N) is 3. The Morgan fingerprint density at radius 3 is 2.87 bits per heavy atom. The van der Waals surface area contributed by atoms with Crippen molar-refractivity contribution in [2.45, 2.75) is 50.0 Å². The number of nitrogen functional groups attached to an aromatic ring is 1. The van der Waals surface area contributed by atoms with Gasteiger partial charge < -0.3 is 25.8 Å². The molecule has 0 aromatic carbocycles. The van der Waals surface area contributed by atoms with Crippen LogP contribution < -0.4 is 11.1 Å². The Hall–Kier alpha value is -1.70. The van der Waals surface area contributed by atoms with E-state index in [-0.39, 0.29) is 18.0 Å².